The summed E-state index contributed by atoms with van der Waals surface area (Å²) in [5.41, 5.74) is 8.03. The van der Waals surface area contributed by atoms with Crippen molar-refractivity contribution in [3.8, 4) is 0 Å². The maximum Gasteiger partial charge on any atom is 0.131 e. The van der Waals surface area contributed by atoms with E-state index in [1.807, 2.05) is 20.0 Å². The lowest BCUT2D eigenvalue weighted by Crippen LogP contribution is -2.17. The van der Waals surface area contributed by atoms with Crippen LogP contribution in [0.15, 0.2) is 6.20 Å². The van der Waals surface area contributed by atoms with E-state index in [1.165, 1.54) is 32.1 Å². The average Bonchev–Trinajstić information content (AvgIpc) is 2.38. The number of nitrogens with zero attached hydrogens (tertiary/aromatic N) is 2. The third-order valence-corrected chi connectivity index (χ3v) is 4.25. The quantitative estimate of drug-likeness (QED) is 0.889. The summed E-state index contributed by atoms with van der Waals surface area (Å²) in [5.74, 6) is 2.46. The van der Waals surface area contributed by atoms with E-state index in [0.717, 1.165) is 23.0 Å². The molecule has 0 spiro atoms. The fourth-order valence-electron chi connectivity index (χ4n) is 3.03. The fraction of sp³-hybridized carbons (Fsp3) is 0.733. The number of aromatic nitrogens is 2. The van der Waals surface area contributed by atoms with Gasteiger partial charge >= 0.3 is 0 Å². The van der Waals surface area contributed by atoms with Gasteiger partial charge in [-0.3, -0.25) is 0 Å². The van der Waals surface area contributed by atoms with Crippen molar-refractivity contribution >= 4 is 0 Å². The molecule has 3 unspecified atom stereocenters. The van der Waals surface area contributed by atoms with Crippen LogP contribution < -0.4 is 5.73 Å². The summed E-state index contributed by atoms with van der Waals surface area (Å²) < 4.78 is 0. The first-order valence-electron chi connectivity index (χ1n) is 7.20. The summed E-state index contributed by atoms with van der Waals surface area (Å²) in [6, 6.07) is 0.0220. The van der Waals surface area contributed by atoms with E-state index < -0.39 is 0 Å². The van der Waals surface area contributed by atoms with Crippen LogP contribution in [0.1, 0.15) is 75.0 Å². The van der Waals surface area contributed by atoms with Crippen molar-refractivity contribution in [3.05, 3.63) is 23.3 Å². The molecule has 100 valence electrons. The molecular weight excluding hydrogens is 222 g/mol. The molecule has 1 aromatic rings. The highest BCUT2D eigenvalue weighted by molar-refractivity contribution is 5.20. The summed E-state index contributed by atoms with van der Waals surface area (Å²) >= 11 is 0. The molecule has 1 aromatic heterocycles. The van der Waals surface area contributed by atoms with Crippen LogP contribution in [0.4, 0.5) is 0 Å². The Bertz CT molecular complexity index is 401. The highest BCUT2D eigenvalue weighted by atomic mass is 14.9. The molecule has 1 fully saturated rings. The first kappa shape index (κ1) is 13.5. The van der Waals surface area contributed by atoms with E-state index in [-0.39, 0.29) is 6.04 Å². The Morgan fingerprint density at radius 3 is 2.83 bits per heavy atom. The van der Waals surface area contributed by atoms with Crippen LogP contribution in [-0.4, -0.2) is 9.97 Å². The predicted molar refractivity (Wildman–Crippen MR) is 74.4 cm³/mol. The summed E-state index contributed by atoms with van der Waals surface area (Å²) in [6.07, 6.45) is 8.41. The standard InChI is InChI=1S/C15H25N3/c1-4-12-6-5-7-13(8-12)15-17-9-14(10(2)16)11(3)18-15/h9-10,12-13H,4-8,16H2,1-3H3. The van der Waals surface area contributed by atoms with E-state index in [4.69, 9.17) is 10.7 Å². The molecule has 2 N–H and O–H groups in total. The topological polar surface area (TPSA) is 51.8 Å². The molecule has 0 saturated heterocycles. The predicted octanol–water partition coefficient (Wildman–Crippen LogP) is 3.49. The van der Waals surface area contributed by atoms with Crippen molar-refractivity contribution in [2.45, 2.75) is 64.8 Å². The highest BCUT2D eigenvalue weighted by Crippen LogP contribution is 2.36. The number of hydrogen-bond acceptors (Lipinski definition) is 3. The van der Waals surface area contributed by atoms with Gasteiger partial charge in [-0.1, -0.05) is 26.2 Å². The zero-order valence-corrected chi connectivity index (χ0v) is 11.8. The summed E-state index contributed by atoms with van der Waals surface area (Å²) in [5, 5.41) is 0. The molecule has 3 heteroatoms. The molecule has 1 aliphatic carbocycles. The molecule has 0 radical (unpaired) electrons. The van der Waals surface area contributed by atoms with Gasteiger partial charge in [0, 0.05) is 29.4 Å². The molecule has 18 heavy (non-hydrogen) atoms. The van der Waals surface area contributed by atoms with Crippen LogP contribution in [0.3, 0.4) is 0 Å². The Hall–Kier alpha value is -0.960. The molecule has 1 saturated carbocycles. The van der Waals surface area contributed by atoms with Crippen molar-refractivity contribution in [2.24, 2.45) is 11.7 Å². The molecule has 0 bridgehead atoms. The SMILES string of the molecule is CCC1CCCC(c2ncc(C(C)N)c(C)n2)C1. The van der Waals surface area contributed by atoms with Crippen molar-refractivity contribution in [3.63, 3.8) is 0 Å². The molecule has 2 rings (SSSR count). The van der Waals surface area contributed by atoms with Gasteiger partial charge in [0.25, 0.3) is 0 Å². The van der Waals surface area contributed by atoms with Gasteiger partial charge in [0.05, 0.1) is 0 Å². The number of rotatable bonds is 3. The number of aryl methyl sites for hydroxylation is 1. The fourth-order valence-corrected chi connectivity index (χ4v) is 3.03. The van der Waals surface area contributed by atoms with Gasteiger partial charge in [-0.05, 0) is 32.6 Å². The second-order valence-electron chi connectivity index (χ2n) is 5.70. The molecule has 3 atom stereocenters. The van der Waals surface area contributed by atoms with Gasteiger partial charge in [0.1, 0.15) is 5.82 Å². The first-order chi connectivity index (χ1) is 8.61. The molecule has 1 heterocycles. The van der Waals surface area contributed by atoms with Gasteiger partial charge in [0.15, 0.2) is 0 Å². The van der Waals surface area contributed by atoms with E-state index in [0.29, 0.717) is 5.92 Å². The van der Waals surface area contributed by atoms with Crippen molar-refractivity contribution in [1.82, 2.24) is 9.97 Å². The van der Waals surface area contributed by atoms with Crippen molar-refractivity contribution in [1.29, 1.82) is 0 Å². The van der Waals surface area contributed by atoms with Crippen LogP contribution in [-0.2, 0) is 0 Å². The molecule has 0 aromatic carbocycles. The molecule has 1 aliphatic rings. The lowest BCUT2D eigenvalue weighted by molar-refractivity contribution is 0.307. The van der Waals surface area contributed by atoms with Crippen LogP contribution in [0.5, 0.6) is 0 Å². The Morgan fingerprint density at radius 2 is 2.22 bits per heavy atom. The summed E-state index contributed by atoms with van der Waals surface area (Å²) in [7, 11) is 0. The van der Waals surface area contributed by atoms with Crippen molar-refractivity contribution in [2.75, 3.05) is 0 Å². The lowest BCUT2D eigenvalue weighted by atomic mass is 9.80. The van der Waals surface area contributed by atoms with E-state index in [9.17, 15) is 0 Å². The third kappa shape index (κ3) is 2.89. The summed E-state index contributed by atoms with van der Waals surface area (Å²) in [4.78, 5) is 9.26. The van der Waals surface area contributed by atoms with Crippen LogP contribution >= 0.6 is 0 Å². The van der Waals surface area contributed by atoms with E-state index in [2.05, 4.69) is 11.9 Å². The number of nitrogens with two attached hydrogens (primary N) is 1. The maximum absolute atomic E-state index is 5.91. The second kappa shape index (κ2) is 5.79. The average molecular weight is 247 g/mol. The molecule has 0 aliphatic heterocycles. The maximum atomic E-state index is 5.91. The highest BCUT2D eigenvalue weighted by Gasteiger charge is 2.24. The van der Waals surface area contributed by atoms with Crippen LogP contribution in [0.2, 0.25) is 0 Å². The van der Waals surface area contributed by atoms with Gasteiger partial charge in [-0.2, -0.15) is 0 Å². The van der Waals surface area contributed by atoms with Gasteiger partial charge < -0.3 is 5.73 Å². The normalized spacial score (nSPS) is 26.0. The lowest BCUT2D eigenvalue weighted by Gasteiger charge is -2.27. The Balaban J connectivity index is 2.16. The minimum Gasteiger partial charge on any atom is -0.324 e. The van der Waals surface area contributed by atoms with Crippen LogP contribution in [0, 0.1) is 12.8 Å². The Labute approximate surface area is 110 Å². The van der Waals surface area contributed by atoms with E-state index in [1.54, 1.807) is 0 Å². The van der Waals surface area contributed by atoms with Gasteiger partial charge in [-0.25, -0.2) is 9.97 Å². The van der Waals surface area contributed by atoms with Crippen LogP contribution in [0.25, 0.3) is 0 Å². The molecular formula is C15H25N3. The Kier molecular flexibility index (Phi) is 4.33. The molecule has 0 amide bonds. The minimum atomic E-state index is 0.0220. The largest absolute Gasteiger partial charge is 0.324 e. The first-order valence-corrected chi connectivity index (χ1v) is 7.20. The van der Waals surface area contributed by atoms with E-state index >= 15 is 0 Å². The summed E-state index contributed by atoms with van der Waals surface area (Å²) in [6.45, 7) is 6.32. The minimum absolute atomic E-state index is 0.0220. The second-order valence-corrected chi connectivity index (χ2v) is 5.70. The molecule has 3 nitrogen and oxygen atoms in total. The van der Waals surface area contributed by atoms with Gasteiger partial charge in [0.2, 0.25) is 0 Å². The monoisotopic (exact) mass is 247 g/mol. The third-order valence-electron chi connectivity index (χ3n) is 4.25. The van der Waals surface area contributed by atoms with Crippen molar-refractivity contribution < 1.29 is 0 Å². The van der Waals surface area contributed by atoms with Gasteiger partial charge in [-0.15, -0.1) is 0 Å². The zero-order valence-electron chi connectivity index (χ0n) is 11.8. The zero-order chi connectivity index (χ0) is 13.1. The smallest absolute Gasteiger partial charge is 0.131 e. The Morgan fingerprint density at radius 1 is 1.44 bits per heavy atom. The number of hydrogen-bond donors (Lipinski definition) is 1.